The van der Waals surface area contributed by atoms with Gasteiger partial charge in [0.05, 0.1) is 11.0 Å². The van der Waals surface area contributed by atoms with Gasteiger partial charge in [0, 0.05) is 29.5 Å². The summed E-state index contributed by atoms with van der Waals surface area (Å²) in [6.07, 6.45) is 11.4. The van der Waals surface area contributed by atoms with E-state index in [0.717, 1.165) is 18.8 Å². The Bertz CT molecular complexity index is 1130. The summed E-state index contributed by atoms with van der Waals surface area (Å²) in [6, 6.07) is 5.26. The van der Waals surface area contributed by atoms with Crippen molar-refractivity contribution in [2.75, 3.05) is 19.9 Å². The van der Waals surface area contributed by atoms with Gasteiger partial charge in [-0.3, -0.25) is 4.90 Å². The van der Waals surface area contributed by atoms with E-state index in [4.69, 9.17) is 14.2 Å². The van der Waals surface area contributed by atoms with Crippen LogP contribution in [0.3, 0.4) is 0 Å². The van der Waals surface area contributed by atoms with Crippen LogP contribution in [0.2, 0.25) is 0 Å². The lowest BCUT2D eigenvalue weighted by molar-refractivity contribution is -0.356. The fraction of sp³-hybridized carbons (Fsp3) is 0.733. The third kappa shape index (κ3) is 2.05. The van der Waals surface area contributed by atoms with E-state index in [0.29, 0.717) is 12.8 Å². The minimum absolute atomic E-state index is 0.00752. The molecule has 5 aliphatic carbocycles. The maximum absolute atomic E-state index is 7.18. The molecule has 3 aliphatic heterocycles. The van der Waals surface area contributed by atoms with Gasteiger partial charge in [-0.1, -0.05) is 45.1 Å². The SMILES string of the molecule is Cc1ccc2c3c1O[C@H]1C45C=C[C@@]6(C[C@@H]4[C@@](C)(C(C)(C)C)OCO5)[C@@H](C2)N(CC2CC2)CC[C@]316. The number of benzene rings is 1. The highest BCUT2D eigenvalue weighted by molar-refractivity contribution is 5.63. The maximum atomic E-state index is 7.18. The van der Waals surface area contributed by atoms with E-state index in [9.17, 15) is 0 Å². The third-order valence-electron chi connectivity index (χ3n) is 11.8. The first-order valence-corrected chi connectivity index (χ1v) is 13.7. The van der Waals surface area contributed by atoms with E-state index in [1.807, 2.05) is 0 Å². The van der Waals surface area contributed by atoms with Crippen molar-refractivity contribution in [1.82, 2.24) is 4.90 Å². The Balaban J connectivity index is 1.39. The van der Waals surface area contributed by atoms with Crippen molar-refractivity contribution in [2.24, 2.45) is 22.7 Å². The van der Waals surface area contributed by atoms with Gasteiger partial charge in [-0.15, -0.1) is 0 Å². The van der Waals surface area contributed by atoms with Crippen LogP contribution in [0.15, 0.2) is 24.3 Å². The summed E-state index contributed by atoms with van der Waals surface area (Å²) in [6.45, 7) is 14.4. The first kappa shape index (κ1) is 20.8. The first-order chi connectivity index (χ1) is 16.2. The van der Waals surface area contributed by atoms with Crippen LogP contribution in [-0.2, 0) is 21.3 Å². The maximum Gasteiger partial charge on any atom is 0.148 e. The van der Waals surface area contributed by atoms with Crippen LogP contribution in [0, 0.1) is 29.6 Å². The van der Waals surface area contributed by atoms with Gasteiger partial charge in [0.15, 0.2) is 0 Å². The van der Waals surface area contributed by atoms with Crippen LogP contribution < -0.4 is 4.74 Å². The van der Waals surface area contributed by atoms with E-state index < -0.39 is 5.60 Å². The summed E-state index contributed by atoms with van der Waals surface area (Å²) in [7, 11) is 0. The van der Waals surface area contributed by atoms with Gasteiger partial charge >= 0.3 is 0 Å². The molecule has 4 bridgehead atoms. The van der Waals surface area contributed by atoms with Crippen LogP contribution in [-0.4, -0.2) is 48.1 Å². The van der Waals surface area contributed by atoms with Crippen molar-refractivity contribution in [3.8, 4) is 5.75 Å². The summed E-state index contributed by atoms with van der Waals surface area (Å²) in [5.41, 5.74) is 3.79. The van der Waals surface area contributed by atoms with Gasteiger partial charge in [-0.2, -0.15) is 0 Å². The number of rotatable bonds is 2. The minimum Gasteiger partial charge on any atom is -0.485 e. The highest BCUT2D eigenvalue weighted by Crippen LogP contribution is 2.76. The molecule has 3 heterocycles. The monoisotopic (exact) mass is 461 g/mol. The van der Waals surface area contributed by atoms with Crippen LogP contribution in [0.4, 0.5) is 0 Å². The highest BCUT2D eigenvalue weighted by Gasteiger charge is 2.82. The third-order valence-corrected chi connectivity index (χ3v) is 11.8. The number of aryl methyl sites for hydroxylation is 1. The van der Waals surface area contributed by atoms with Crippen molar-refractivity contribution in [3.63, 3.8) is 0 Å². The first-order valence-electron chi connectivity index (χ1n) is 13.7. The molecule has 0 amide bonds. The molecule has 2 saturated heterocycles. The van der Waals surface area contributed by atoms with Crippen LogP contribution in [0.1, 0.15) is 70.1 Å². The average Bonchev–Trinajstić information content (AvgIpc) is 3.53. The largest absolute Gasteiger partial charge is 0.485 e. The molecule has 0 radical (unpaired) electrons. The molecule has 0 aromatic heterocycles. The highest BCUT2D eigenvalue weighted by atomic mass is 16.7. The van der Waals surface area contributed by atoms with Crippen molar-refractivity contribution in [1.29, 1.82) is 0 Å². The molecular weight excluding hydrogens is 422 g/mol. The van der Waals surface area contributed by atoms with Gasteiger partial charge in [-0.25, -0.2) is 0 Å². The molecule has 1 aromatic rings. The summed E-state index contributed by atoms with van der Waals surface area (Å²) in [5.74, 6) is 2.36. The summed E-state index contributed by atoms with van der Waals surface area (Å²) in [4.78, 5) is 2.89. The molecule has 1 aromatic carbocycles. The summed E-state index contributed by atoms with van der Waals surface area (Å²) in [5, 5.41) is 0. The van der Waals surface area contributed by atoms with E-state index in [2.05, 4.69) is 63.8 Å². The Labute approximate surface area is 204 Å². The zero-order valence-electron chi connectivity index (χ0n) is 21.4. The van der Waals surface area contributed by atoms with Gasteiger partial charge in [-0.05, 0) is 75.0 Å². The predicted molar refractivity (Wildman–Crippen MR) is 131 cm³/mol. The van der Waals surface area contributed by atoms with Gasteiger partial charge in [0.25, 0.3) is 0 Å². The van der Waals surface area contributed by atoms with Gasteiger partial charge in [0.1, 0.15) is 24.2 Å². The normalized spacial score (nSPS) is 47.9. The molecule has 1 unspecified atom stereocenters. The molecule has 9 rings (SSSR count). The zero-order chi connectivity index (χ0) is 23.3. The molecule has 0 N–H and O–H groups in total. The van der Waals surface area contributed by atoms with Gasteiger partial charge < -0.3 is 14.2 Å². The standard InChI is InChI=1S/C30H39NO3/c1-18-6-9-20-14-22-28-10-11-30(21(15-28)27(5,26(2,3)4)32-17-33-30)25-29(28,23(20)24(18)34-25)12-13-31(22)16-19-7-8-19/h6,9-11,19,21-22,25H,7-8,12-17H2,1-5H3/t21-,22-,25-,27+,28-,29+,30?/m1/s1. The number of nitrogens with zero attached hydrogens (tertiary/aromatic N) is 1. The fourth-order valence-corrected chi connectivity index (χ4v) is 9.55. The second-order valence-electron chi connectivity index (χ2n) is 13.9. The Morgan fingerprint density at radius 2 is 1.94 bits per heavy atom. The second kappa shape index (κ2) is 5.95. The lowest BCUT2D eigenvalue weighted by Gasteiger charge is -2.74. The topological polar surface area (TPSA) is 30.9 Å². The fourth-order valence-electron chi connectivity index (χ4n) is 9.55. The molecule has 34 heavy (non-hydrogen) atoms. The van der Waals surface area contributed by atoms with Crippen molar-refractivity contribution in [3.05, 3.63) is 41.0 Å². The number of hydrogen-bond donors (Lipinski definition) is 0. The van der Waals surface area contributed by atoms with Crippen LogP contribution in [0.25, 0.3) is 0 Å². The smallest absolute Gasteiger partial charge is 0.148 e. The molecule has 4 nitrogen and oxygen atoms in total. The Kier molecular flexibility index (Phi) is 3.64. The zero-order valence-corrected chi connectivity index (χ0v) is 21.4. The Hall–Kier alpha value is -1.36. The average molecular weight is 462 g/mol. The summed E-state index contributed by atoms with van der Waals surface area (Å²) >= 11 is 0. The molecule has 7 atom stereocenters. The Morgan fingerprint density at radius 1 is 1.12 bits per heavy atom. The molecule has 4 heteroatoms. The van der Waals surface area contributed by atoms with E-state index in [-0.39, 0.29) is 33.9 Å². The lowest BCUT2D eigenvalue weighted by Crippen LogP contribution is -2.83. The molecular formula is C30H39NO3. The molecule has 3 spiro atoms. The van der Waals surface area contributed by atoms with Crippen LogP contribution in [0.5, 0.6) is 5.75 Å². The lowest BCUT2D eigenvalue weighted by atomic mass is 9.35. The molecule has 182 valence electrons. The number of likely N-dealkylation sites (tertiary alicyclic amines) is 1. The molecule has 2 saturated carbocycles. The van der Waals surface area contributed by atoms with E-state index in [1.54, 1.807) is 11.1 Å². The number of ether oxygens (including phenoxy) is 3. The van der Waals surface area contributed by atoms with Gasteiger partial charge in [0.2, 0.25) is 0 Å². The Morgan fingerprint density at radius 3 is 2.71 bits per heavy atom. The number of piperidine rings is 1. The summed E-state index contributed by atoms with van der Waals surface area (Å²) < 4.78 is 20.6. The van der Waals surface area contributed by atoms with Crippen molar-refractivity contribution in [2.45, 2.75) is 95.5 Å². The van der Waals surface area contributed by atoms with Crippen molar-refractivity contribution < 1.29 is 14.2 Å². The second-order valence-corrected chi connectivity index (χ2v) is 13.9. The molecule has 4 fully saturated rings. The predicted octanol–water partition coefficient (Wildman–Crippen LogP) is 5.16. The number of hydrogen-bond acceptors (Lipinski definition) is 4. The van der Waals surface area contributed by atoms with E-state index in [1.165, 1.54) is 43.7 Å². The quantitative estimate of drug-likeness (QED) is 0.570. The van der Waals surface area contributed by atoms with Crippen LogP contribution >= 0.6 is 0 Å². The molecule has 8 aliphatic rings. The van der Waals surface area contributed by atoms with Crippen molar-refractivity contribution >= 4 is 0 Å². The minimum atomic E-state index is -0.425. The van der Waals surface area contributed by atoms with E-state index >= 15 is 0 Å².